The third kappa shape index (κ3) is 2.83. The van der Waals surface area contributed by atoms with Crippen molar-refractivity contribution in [2.24, 2.45) is 0 Å². The van der Waals surface area contributed by atoms with Crippen LogP contribution in [0.4, 0.5) is 0 Å². The molecule has 2 N–H and O–H groups in total. The number of pyridine rings is 1. The lowest BCUT2D eigenvalue weighted by Crippen LogP contribution is -2.32. The van der Waals surface area contributed by atoms with E-state index < -0.39 is 0 Å². The van der Waals surface area contributed by atoms with Crippen LogP contribution in [0, 0.1) is 13.8 Å². The summed E-state index contributed by atoms with van der Waals surface area (Å²) in [6.45, 7) is 4.98. The predicted molar refractivity (Wildman–Crippen MR) is 101 cm³/mol. The average molecular weight is 356 g/mol. The number of nitrogens with one attached hydrogen (secondary N) is 1. The van der Waals surface area contributed by atoms with Gasteiger partial charge in [0.1, 0.15) is 0 Å². The molecule has 0 amide bonds. The number of β-amino-alcohol motifs (C(OH)–C–C–N with tert-alkyl or cyclic N) is 1. The highest BCUT2D eigenvalue weighted by Gasteiger charge is 2.41. The average Bonchev–Trinajstić information content (AvgIpc) is 3.33. The van der Waals surface area contributed by atoms with E-state index in [4.69, 9.17) is 12.2 Å². The first-order chi connectivity index (χ1) is 12.1. The Morgan fingerprint density at radius 3 is 2.76 bits per heavy atom. The van der Waals surface area contributed by atoms with Crippen LogP contribution in [0.2, 0.25) is 0 Å². The summed E-state index contributed by atoms with van der Waals surface area (Å²) in [4.78, 5) is 6.66. The van der Waals surface area contributed by atoms with E-state index in [0.29, 0.717) is 17.7 Å². The van der Waals surface area contributed by atoms with Gasteiger partial charge in [-0.15, -0.1) is 0 Å². The summed E-state index contributed by atoms with van der Waals surface area (Å²) >= 11 is 5.58. The monoisotopic (exact) mass is 356 g/mol. The van der Waals surface area contributed by atoms with Crippen LogP contribution in [-0.4, -0.2) is 37.8 Å². The quantitative estimate of drug-likeness (QED) is 0.807. The maximum Gasteiger partial charge on any atom is 0.170 e. The van der Waals surface area contributed by atoms with Gasteiger partial charge in [-0.25, -0.2) is 0 Å². The fourth-order valence-electron chi connectivity index (χ4n) is 4.09. The van der Waals surface area contributed by atoms with E-state index in [9.17, 15) is 5.11 Å². The van der Waals surface area contributed by atoms with Crippen LogP contribution in [0.25, 0.3) is 0 Å². The number of hydrogen-bond donors (Lipinski definition) is 2. The lowest BCUT2D eigenvalue weighted by Gasteiger charge is -2.27. The topological polar surface area (TPSA) is 53.3 Å². The highest BCUT2D eigenvalue weighted by atomic mass is 32.1. The summed E-state index contributed by atoms with van der Waals surface area (Å²) in [5, 5.41) is 13.7. The molecule has 2 atom stereocenters. The zero-order chi connectivity index (χ0) is 17.6. The highest BCUT2D eigenvalue weighted by molar-refractivity contribution is 7.80. The molecule has 132 valence electrons. The number of aromatic nitrogens is 2. The predicted octanol–water partition coefficient (Wildman–Crippen LogP) is 2.80. The van der Waals surface area contributed by atoms with Crippen LogP contribution in [0.5, 0.6) is 0 Å². The molecule has 2 aromatic heterocycles. The molecule has 0 unspecified atom stereocenters. The molecule has 25 heavy (non-hydrogen) atoms. The number of aliphatic hydroxyl groups is 1. The molecule has 0 radical (unpaired) electrons. The lowest BCUT2D eigenvalue weighted by atomic mass is 9.97. The van der Waals surface area contributed by atoms with Crippen LogP contribution in [0.3, 0.4) is 0 Å². The molecule has 2 fully saturated rings. The van der Waals surface area contributed by atoms with E-state index in [-0.39, 0.29) is 18.7 Å². The molecule has 6 heteroatoms. The van der Waals surface area contributed by atoms with Crippen LogP contribution >= 0.6 is 12.2 Å². The maximum absolute atomic E-state index is 9.54. The first-order valence-electron chi connectivity index (χ1n) is 8.89. The second-order valence-corrected chi connectivity index (χ2v) is 7.36. The van der Waals surface area contributed by atoms with Crippen LogP contribution in [0.1, 0.15) is 53.6 Å². The molecule has 1 saturated carbocycles. The third-order valence-electron chi connectivity index (χ3n) is 5.29. The molecule has 1 aliphatic heterocycles. The van der Waals surface area contributed by atoms with E-state index in [2.05, 4.69) is 39.7 Å². The van der Waals surface area contributed by atoms with Gasteiger partial charge < -0.3 is 19.9 Å². The van der Waals surface area contributed by atoms with Crippen molar-refractivity contribution in [1.29, 1.82) is 0 Å². The molecule has 2 aromatic rings. The number of aryl methyl sites for hydroxylation is 1. The van der Waals surface area contributed by atoms with Gasteiger partial charge in [0.05, 0.1) is 24.4 Å². The summed E-state index contributed by atoms with van der Waals surface area (Å²) in [6, 6.07) is 8.95. The lowest BCUT2D eigenvalue weighted by molar-refractivity contribution is 0.222. The van der Waals surface area contributed by atoms with Crippen LogP contribution in [0.15, 0.2) is 30.5 Å². The van der Waals surface area contributed by atoms with E-state index in [1.807, 2.05) is 24.4 Å². The van der Waals surface area contributed by atoms with Crippen molar-refractivity contribution >= 4 is 17.3 Å². The molecule has 1 aliphatic carbocycles. The van der Waals surface area contributed by atoms with Gasteiger partial charge in [0, 0.05) is 30.2 Å². The standard InChI is InChI=1S/C19H24N4OS/c1-12-11-15(13(2)23(12)14-6-7-14)18-17(16-5-3-4-8-20-16)21-19(25)22(18)9-10-24/h3-5,8,11,14,17-18,24H,6-7,9-10H2,1-2H3,(H,21,25)/t17-,18+/m1/s1. The van der Waals surface area contributed by atoms with Crippen LogP contribution in [-0.2, 0) is 0 Å². The van der Waals surface area contributed by atoms with Gasteiger partial charge in [0.2, 0.25) is 0 Å². The van der Waals surface area contributed by atoms with Gasteiger partial charge >= 0.3 is 0 Å². The number of nitrogens with zero attached hydrogens (tertiary/aromatic N) is 3. The van der Waals surface area contributed by atoms with Gasteiger partial charge in [-0.05, 0) is 62.7 Å². The second kappa shape index (κ2) is 6.42. The Labute approximate surface area is 153 Å². The number of aliphatic hydroxyl groups excluding tert-OH is 1. The maximum atomic E-state index is 9.54. The van der Waals surface area contributed by atoms with E-state index in [0.717, 1.165) is 5.69 Å². The molecule has 0 spiro atoms. The van der Waals surface area contributed by atoms with E-state index in [1.165, 1.54) is 29.8 Å². The Bertz CT molecular complexity index is 784. The fourth-order valence-corrected chi connectivity index (χ4v) is 4.42. The van der Waals surface area contributed by atoms with Crippen LogP contribution < -0.4 is 5.32 Å². The van der Waals surface area contributed by atoms with Gasteiger partial charge in [0.15, 0.2) is 5.11 Å². The van der Waals surface area contributed by atoms with Crippen molar-refractivity contribution in [2.75, 3.05) is 13.2 Å². The molecule has 1 saturated heterocycles. The van der Waals surface area contributed by atoms with E-state index in [1.54, 1.807) is 0 Å². The second-order valence-electron chi connectivity index (χ2n) is 6.97. The van der Waals surface area contributed by atoms with Crippen molar-refractivity contribution in [2.45, 2.75) is 44.8 Å². The van der Waals surface area contributed by atoms with Crippen molar-refractivity contribution in [3.8, 4) is 0 Å². The fraction of sp³-hybridized carbons (Fsp3) is 0.474. The Morgan fingerprint density at radius 1 is 1.32 bits per heavy atom. The normalized spacial score (nSPS) is 23.2. The number of rotatable bonds is 5. The minimum atomic E-state index is -0.00611. The van der Waals surface area contributed by atoms with Crippen molar-refractivity contribution < 1.29 is 5.11 Å². The summed E-state index contributed by atoms with van der Waals surface area (Å²) in [6.07, 6.45) is 4.35. The molecular weight excluding hydrogens is 332 g/mol. The molecule has 0 bridgehead atoms. The molecule has 0 aromatic carbocycles. The minimum absolute atomic E-state index is 0.00611. The smallest absolute Gasteiger partial charge is 0.170 e. The first-order valence-corrected chi connectivity index (χ1v) is 9.30. The Hall–Kier alpha value is -1.92. The van der Waals surface area contributed by atoms with Crippen molar-refractivity contribution in [1.82, 2.24) is 19.8 Å². The largest absolute Gasteiger partial charge is 0.395 e. The summed E-state index contributed by atoms with van der Waals surface area (Å²) < 4.78 is 2.46. The number of hydrogen-bond acceptors (Lipinski definition) is 3. The molecule has 3 heterocycles. The van der Waals surface area contributed by atoms with Gasteiger partial charge in [-0.2, -0.15) is 0 Å². The zero-order valence-corrected chi connectivity index (χ0v) is 15.5. The van der Waals surface area contributed by atoms with E-state index >= 15 is 0 Å². The van der Waals surface area contributed by atoms with Crippen molar-refractivity contribution in [3.63, 3.8) is 0 Å². The van der Waals surface area contributed by atoms with Gasteiger partial charge in [-0.1, -0.05) is 6.07 Å². The SMILES string of the molecule is Cc1cc([C@H]2[C@@H](c3ccccn3)NC(=S)N2CCO)c(C)n1C1CC1. The number of thiocarbonyl (C=S) groups is 1. The van der Waals surface area contributed by atoms with Gasteiger partial charge in [0.25, 0.3) is 0 Å². The summed E-state index contributed by atoms with van der Waals surface area (Å²) in [5.74, 6) is 0. The zero-order valence-electron chi connectivity index (χ0n) is 14.6. The first kappa shape index (κ1) is 16.5. The molecular formula is C19H24N4OS. The Morgan fingerprint density at radius 2 is 2.12 bits per heavy atom. The highest BCUT2D eigenvalue weighted by Crippen LogP contribution is 2.44. The minimum Gasteiger partial charge on any atom is -0.395 e. The van der Waals surface area contributed by atoms with Gasteiger partial charge in [-0.3, -0.25) is 4.98 Å². The Balaban J connectivity index is 1.79. The molecule has 4 rings (SSSR count). The summed E-state index contributed by atoms with van der Waals surface area (Å²) in [5.41, 5.74) is 4.87. The molecule has 2 aliphatic rings. The third-order valence-corrected chi connectivity index (χ3v) is 5.65. The Kier molecular flexibility index (Phi) is 4.25. The van der Waals surface area contributed by atoms with Crippen molar-refractivity contribution in [3.05, 3.63) is 53.1 Å². The summed E-state index contributed by atoms with van der Waals surface area (Å²) in [7, 11) is 0. The molecule has 5 nitrogen and oxygen atoms in total.